The van der Waals surface area contributed by atoms with E-state index < -0.39 is 5.97 Å². The number of nitrogens with one attached hydrogen (secondary N) is 2. The van der Waals surface area contributed by atoms with Crippen LogP contribution in [-0.4, -0.2) is 65.9 Å². The fourth-order valence-electron chi connectivity index (χ4n) is 4.19. The number of hydrogen-bond acceptors (Lipinski definition) is 4. The van der Waals surface area contributed by atoms with Gasteiger partial charge in [-0.25, -0.2) is 4.79 Å². The summed E-state index contributed by atoms with van der Waals surface area (Å²) in [4.78, 5) is 25.1. The van der Waals surface area contributed by atoms with Crippen molar-refractivity contribution in [3.63, 3.8) is 0 Å². The molecule has 0 aromatic carbocycles. The molecule has 0 aromatic rings. The van der Waals surface area contributed by atoms with Crippen molar-refractivity contribution in [3.8, 4) is 0 Å². The smallest absolute Gasteiger partial charge is 0.317 e. The lowest BCUT2D eigenvalue weighted by molar-refractivity contribution is -0.139. The van der Waals surface area contributed by atoms with Crippen molar-refractivity contribution in [1.82, 2.24) is 15.5 Å². The van der Waals surface area contributed by atoms with E-state index in [9.17, 15) is 9.59 Å². The second-order valence-electron chi connectivity index (χ2n) is 7.60. The molecule has 3 N–H and O–H groups in total. The second kappa shape index (κ2) is 10.1. The summed E-state index contributed by atoms with van der Waals surface area (Å²) in [6.07, 6.45) is 5.83. The second-order valence-corrected chi connectivity index (χ2v) is 7.60. The van der Waals surface area contributed by atoms with Gasteiger partial charge in [0.15, 0.2) is 0 Å². The topological polar surface area (TPSA) is 90.9 Å². The van der Waals surface area contributed by atoms with Crippen molar-refractivity contribution in [1.29, 1.82) is 0 Å². The Morgan fingerprint density at radius 1 is 1.12 bits per heavy atom. The van der Waals surface area contributed by atoms with E-state index in [1.165, 1.54) is 0 Å². The Labute approximate surface area is 156 Å². The summed E-state index contributed by atoms with van der Waals surface area (Å²) in [5.41, 5.74) is 0. The molecule has 2 fully saturated rings. The Morgan fingerprint density at radius 3 is 2.35 bits per heavy atom. The molecule has 0 aromatic heterocycles. The Hall–Kier alpha value is -1.34. The molecule has 2 unspecified atom stereocenters. The number of rotatable bonds is 9. The summed E-state index contributed by atoms with van der Waals surface area (Å²) in [6, 6.07) is 0.454. The first-order valence-electron chi connectivity index (χ1n) is 10.1. The number of nitrogens with zero attached hydrogens (tertiary/aromatic N) is 1. The fraction of sp³-hybridized carbons (Fsp3) is 0.895. The molecule has 1 saturated heterocycles. The van der Waals surface area contributed by atoms with E-state index in [-0.39, 0.29) is 36.8 Å². The van der Waals surface area contributed by atoms with Crippen molar-refractivity contribution in [2.24, 2.45) is 5.92 Å². The van der Waals surface area contributed by atoms with Crippen molar-refractivity contribution < 1.29 is 19.4 Å². The highest BCUT2D eigenvalue weighted by Crippen LogP contribution is 2.27. The molecule has 7 heteroatoms. The first-order chi connectivity index (χ1) is 12.5. The quantitative estimate of drug-likeness (QED) is 0.580. The molecule has 0 spiro atoms. The molecule has 150 valence electrons. The van der Waals surface area contributed by atoms with Crippen LogP contribution in [0.1, 0.15) is 59.3 Å². The van der Waals surface area contributed by atoms with E-state index >= 15 is 0 Å². The molecule has 2 aliphatic rings. The minimum Gasteiger partial charge on any atom is -0.480 e. The molecule has 1 aliphatic carbocycles. The molecule has 0 bridgehead atoms. The molecular formula is C19H35N3O4. The zero-order valence-electron chi connectivity index (χ0n) is 16.4. The maximum Gasteiger partial charge on any atom is 0.317 e. The Balaban J connectivity index is 1.70. The number of amides is 2. The maximum atomic E-state index is 12.3. The van der Waals surface area contributed by atoms with E-state index in [0.717, 1.165) is 45.1 Å². The molecule has 2 rings (SSSR count). The van der Waals surface area contributed by atoms with Gasteiger partial charge in [0, 0.05) is 24.7 Å². The summed E-state index contributed by atoms with van der Waals surface area (Å²) >= 11 is 0. The number of ether oxygens (including phenoxy) is 1. The third kappa shape index (κ3) is 5.84. The summed E-state index contributed by atoms with van der Waals surface area (Å²) in [7, 11) is 0. The molecule has 1 aliphatic heterocycles. The minimum atomic E-state index is -0.799. The maximum absolute atomic E-state index is 12.3. The van der Waals surface area contributed by atoms with Gasteiger partial charge >= 0.3 is 12.0 Å². The third-order valence-corrected chi connectivity index (χ3v) is 5.93. The van der Waals surface area contributed by atoms with Crippen LogP contribution in [0.3, 0.4) is 0 Å². The zero-order chi connectivity index (χ0) is 19.1. The molecule has 0 radical (unpaired) electrons. The first-order valence-corrected chi connectivity index (χ1v) is 10.1. The lowest BCUT2D eigenvalue weighted by Crippen LogP contribution is -2.57. The third-order valence-electron chi connectivity index (χ3n) is 5.93. The normalized spacial score (nSPS) is 28.7. The van der Waals surface area contributed by atoms with E-state index in [2.05, 4.69) is 24.5 Å². The van der Waals surface area contributed by atoms with Gasteiger partial charge in [0.25, 0.3) is 0 Å². The van der Waals surface area contributed by atoms with E-state index in [4.69, 9.17) is 9.84 Å². The van der Waals surface area contributed by atoms with Gasteiger partial charge in [0.1, 0.15) is 0 Å². The molecule has 1 saturated carbocycles. The number of carboxylic acid groups (broad SMARTS) is 1. The number of aliphatic carboxylic acids is 1. The molecule has 26 heavy (non-hydrogen) atoms. The predicted molar refractivity (Wildman–Crippen MR) is 100 cm³/mol. The number of carbonyl (C=O) groups is 2. The Morgan fingerprint density at radius 2 is 1.77 bits per heavy atom. The summed E-state index contributed by atoms with van der Waals surface area (Å²) in [5, 5.41) is 15.1. The van der Waals surface area contributed by atoms with Crippen LogP contribution in [0.4, 0.5) is 4.79 Å². The zero-order valence-corrected chi connectivity index (χ0v) is 16.4. The number of likely N-dealkylation sites (N-methyl/N-ethyl adjacent to an activating group) is 1. The monoisotopic (exact) mass is 369 g/mol. The standard InChI is InChI=1S/C19H35N3O4/c1-4-13(5-2)17-11-14(7-8-26-17)20-19(25)21-15-9-16(10-15)22(6-3)12-18(23)24/h13-17H,4-12H2,1-3H3,(H,23,24)(H2,20,21,25). The molecular weight excluding hydrogens is 334 g/mol. The SMILES string of the molecule is CCC(CC)C1CC(NC(=O)NC2CC(N(CC)CC(=O)O)C2)CCO1. The van der Waals surface area contributed by atoms with Crippen LogP contribution in [0, 0.1) is 5.92 Å². The number of carboxylic acids is 1. The summed E-state index contributed by atoms with van der Waals surface area (Å²) < 4.78 is 5.91. The molecule has 7 nitrogen and oxygen atoms in total. The molecule has 2 atom stereocenters. The van der Waals surface area contributed by atoms with Crippen molar-refractivity contribution in [2.75, 3.05) is 19.7 Å². The van der Waals surface area contributed by atoms with Crippen LogP contribution >= 0.6 is 0 Å². The first kappa shape index (κ1) is 21.0. The number of urea groups is 1. The van der Waals surface area contributed by atoms with Gasteiger partial charge in [0.2, 0.25) is 0 Å². The van der Waals surface area contributed by atoms with Crippen molar-refractivity contribution in [3.05, 3.63) is 0 Å². The summed E-state index contributed by atoms with van der Waals surface area (Å²) in [5.74, 6) is -0.239. The Bertz CT molecular complexity index is 464. The highest BCUT2D eigenvalue weighted by atomic mass is 16.5. The average molecular weight is 370 g/mol. The van der Waals surface area contributed by atoms with Crippen molar-refractivity contribution in [2.45, 2.75) is 83.5 Å². The van der Waals surface area contributed by atoms with E-state index in [1.54, 1.807) is 0 Å². The van der Waals surface area contributed by atoms with Gasteiger partial charge in [-0.3, -0.25) is 9.69 Å². The van der Waals surface area contributed by atoms with Crippen LogP contribution in [0.2, 0.25) is 0 Å². The number of carbonyl (C=O) groups excluding carboxylic acids is 1. The van der Waals surface area contributed by atoms with E-state index in [0.29, 0.717) is 12.5 Å². The highest BCUT2D eigenvalue weighted by Gasteiger charge is 2.35. The highest BCUT2D eigenvalue weighted by molar-refractivity contribution is 5.74. The van der Waals surface area contributed by atoms with Gasteiger partial charge in [-0.1, -0.05) is 33.6 Å². The Kier molecular flexibility index (Phi) is 8.15. The van der Waals surface area contributed by atoms with Crippen LogP contribution in [0.15, 0.2) is 0 Å². The lowest BCUT2D eigenvalue weighted by Gasteiger charge is -2.42. The molecule has 2 amide bonds. The predicted octanol–water partition coefficient (Wildman–Crippen LogP) is 2.21. The van der Waals surface area contributed by atoms with Gasteiger partial charge in [0.05, 0.1) is 12.6 Å². The van der Waals surface area contributed by atoms with Crippen LogP contribution in [0.5, 0.6) is 0 Å². The average Bonchev–Trinajstić information content (AvgIpc) is 2.57. The fourth-order valence-corrected chi connectivity index (χ4v) is 4.19. The van der Waals surface area contributed by atoms with Crippen LogP contribution in [-0.2, 0) is 9.53 Å². The minimum absolute atomic E-state index is 0.0690. The number of hydrogen-bond donors (Lipinski definition) is 3. The lowest BCUT2D eigenvalue weighted by atomic mass is 9.85. The van der Waals surface area contributed by atoms with Gasteiger partial charge in [-0.15, -0.1) is 0 Å². The van der Waals surface area contributed by atoms with Gasteiger partial charge in [-0.2, -0.15) is 0 Å². The summed E-state index contributed by atoms with van der Waals surface area (Å²) in [6.45, 7) is 7.85. The van der Waals surface area contributed by atoms with Crippen LogP contribution in [0.25, 0.3) is 0 Å². The van der Waals surface area contributed by atoms with Gasteiger partial charge in [-0.05, 0) is 38.1 Å². The molecule has 1 heterocycles. The van der Waals surface area contributed by atoms with Crippen molar-refractivity contribution >= 4 is 12.0 Å². The van der Waals surface area contributed by atoms with Crippen LogP contribution < -0.4 is 10.6 Å². The van der Waals surface area contributed by atoms with E-state index in [1.807, 2.05) is 11.8 Å². The largest absolute Gasteiger partial charge is 0.480 e. The van der Waals surface area contributed by atoms with Gasteiger partial charge < -0.3 is 20.5 Å².